The normalized spacial score (nSPS) is 25.5. The van der Waals surface area contributed by atoms with Crippen molar-refractivity contribution in [3.63, 3.8) is 0 Å². The van der Waals surface area contributed by atoms with Gasteiger partial charge in [0.15, 0.2) is 0 Å². The van der Waals surface area contributed by atoms with Crippen molar-refractivity contribution in [3.8, 4) is 0 Å². The molecule has 178 valence electrons. The number of fused-ring (bicyclic) bond motifs is 1. The molecule has 33 heavy (non-hydrogen) atoms. The fourth-order valence-electron chi connectivity index (χ4n) is 5.46. The molecule has 1 N–H and O–H groups in total. The molecule has 6 nitrogen and oxygen atoms in total. The SMILES string of the molecule is C[C@@H]1C[C@@H](F)c2ncnc(N3CCN(C(=O)C(c4ccc(Cl)cc4)C4CCCN4)CC3)c21.Cl. The Balaban J connectivity index is 0.00000259. The highest BCUT2D eigenvalue weighted by Crippen LogP contribution is 2.44. The maximum absolute atomic E-state index is 14.3. The van der Waals surface area contributed by atoms with Gasteiger partial charge in [-0.15, -0.1) is 12.4 Å². The number of nitrogens with one attached hydrogen (secondary N) is 1. The van der Waals surface area contributed by atoms with Crippen molar-refractivity contribution >= 4 is 35.7 Å². The van der Waals surface area contributed by atoms with E-state index in [1.165, 1.54) is 6.33 Å². The zero-order valence-corrected chi connectivity index (χ0v) is 20.3. The molecular formula is C24H30Cl2FN5O. The van der Waals surface area contributed by atoms with Gasteiger partial charge in [-0.3, -0.25) is 4.79 Å². The molecule has 2 aromatic rings. The molecular weight excluding hydrogens is 464 g/mol. The molecule has 4 atom stereocenters. The van der Waals surface area contributed by atoms with Gasteiger partial charge in [0.05, 0.1) is 11.6 Å². The summed E-state index contributed by atoms with van der Waals surface area (Å²) in [5, 5.41) is 4.19. The van der Waals surface area contributed by atoms with Gasteiger partial charge in [-0.25, -0.2) is 14.4 Å². The van der Waals surface area contributed by atoms with Crippen LogP contribution in [0.15, 0.2) is 30.6 Å². The second kappa shape index (κ2) is 10.1. The number of hydrogen-bond donors (Lipinski definition) is 1. The third-order valence-corrected chi connectivity index (χ3v) is 7.38. The second-order valence-electron chi connectivity index (χ2n) is 9.14. The number of piperazine rings is 1. The van der Waals surface area contributed by atoms with Crippen molar-refractivity contribution in [2.24, 2.45) is 0 Å². The van der Waals surface area contributed by atoms with Crippen LogP contribution in [-0.4, -0.2) is 59.5 Å². The summed E-state index contributed by atoms with van der Waals surface area (Å²) in [6.45, 7) is 5.61. The molecule has 1 amide bonds. The summed E-state index contributed by atoms with van der Waals surface area (Å²) in [6, 6.07) is 7.81. The highest BCUT2D eigenvalue weighted by Gasteiger charge is 2.38. The number of amides is 1. The molecule has 0 radical (unpaired) electrons. The summed E-state index contributed by atoms with van der Waals surface area (Å²) in [7, 11) is 0. The first kappa shape index (κ1) is 24.2. The molecule has 1 aliphatic carbocycles. The number of carbonyl (C=O) groups is 1. The smallest absolute Gasteiger partial charge is 0.231 e. The molecule has 9 heteroatoms. The van der Waals surface area contributed by atoms with Crippen LogP contribution in [0.1, 0.15) is 61.0 Å². The molecule has 2 fully saturated rings. The number of halogens is 3. The highest BCUT2D eigenvalue weighted by atomic mass is 35.5. The first-order valence-electron chi connectivity index (χ1n) is 11.5. The minimum Gasteiger partial charge on any atom is -0.353 e. The van der Waals surface area contributed by atoms with Crippen molar-refractivity contribution in [2.75, 3.05) is 37.6 Å². The number of hydrogen-bond acceptors (Lipinski definition) is 5. The Labute approximate surface area is 205 Å². The lowest BCUT2D eigenvalue weighted by atomic mass is 9.89. The maximum Gasteiger partial charge on any atom is 0.231 e. The van der Waals surface area contributed by atoms with Crippen molar-refractivity contribution < 1.29 is 9.18 Å². The second-order valence-corrected chi connectivity index (χ2v) is 9.58. The molecule has 3 heterocycles. The number of nitrogens with zero attached hydrogens (tertiary/aromatic N) is 4. The van der Waals surface area contributed by atoms with Crippen molar-refractivity contribution in [2.45, 2.75) is 50.2 Å². The van der Waals surface area contributed by atoms with E-state index in [0.717, 1.165) is 36.3 Å². The van der Waals surface area contributed by atoms with Gasteiger partial charge in [-0.2, -0.15) is 0 Å². The van der Waals surface area contributed by atoms with Gasteiger partial charge in [-0.05, 0) is 49.4 Å². The van der Waals surface area contributed by atoms with Crippen LogP contribution < -0.4 is 10.2 Å². The topological polar surface area (TPSA) is 61.4 Å². The predicted octanol–water partition coefficient (Wildman–Crippen LogP) is 4.25. The molecule has 0 bridgehead atoms. The molecule has 2 aliphatic heterocycles. The van der Waals surface area contributed by atoms with E-state index in [1.807, 2.05) is 36.1 Å². The van der Waals surface area contributed by atoms with Gasteiger partial charge in [0, 0.05) is 42.8 Å². The van der Waals surface area contributed by atoms with E-state index in [1.54, 1.807) is 0 Å². The zero-order valence-electron chi connectivity index (χ0n) is 18.7. The number of anilines is 1. The lowest BCUT2D eigenvalue weighted by molar-refractivity contribution is -0.133. The third kappa shape index (κ3) is 4.68. The molecule has 0 saturated carbocycles. The van der Waals surface area contributed by atoms with Crippen LogP contribution in [0.4, 0.5) is 10.2 Å². The Morgan fingerprint density at radius 2 is 1.91 bits per heavy atom. The average molecular weight is 494 g/mol. The van der Waals surface area contributed by atoms with Crippen LogP contribution in [0.25, 0.3) is 0 Å². The summed E-state index contributed by atoms with van der Waals surface area (Å²) in [6.07, 6.45) is 3.01. The zero-order chi connectivity index (χ0) is 22.2. The molecule has 5 rings (SSSR count). The van der Waals surface area contributed by atoms with Gasteiger partial charge in [0.1, 0.15) is 18.3 Å². The summed E-state index contributed by atoms with van der Waals surface area (Å²) >= 11 is 6.09. The number of carbonyl (C=O) groups excluding carboxylic acids is 1. The molecule has 0 spiro atoms. The van der Waals surface area contributed by atoms with Crippen LogP contribution in [0.2, 0.25) is 5.02 Å². The Kier molecular flexibility index (Phi) is 7.41. The number of rotatable bonds is 4. The van der Waals surface area contributed by atoms with Gasteiger partial charge in [-0.1, -0.05) is 30.7 Å². The van der Waals surface area contributed by atoms with Gasteiger partial charge in [0.25, 0.3) is 0 Å². The minimum absolute atomic E-state index is 0. The van der Waals surface area contributed by atoms with E-state index in [-0.39, 0.29) is 36.2 Å². The van der Waals surface area contributed by atoms with Crippen molar-refractivity contribution in [1.29, 1.82) is 0 Å². The van der Waals surface area contributed by atoms with Gasteiger partial charge < -0.3 is 15.1 Å². The predicted molar refractivity (Wildman–Crippen MR) is 130 cm³/mol. The van der Waals surface area contributed by atoms with E-state index < -0.39 is 6.17 Å². The summed E-state index contributed by atoms with van der Waals surface area (Å²) in [4.78, 5) is 26.5. The molecule has 2 saturated heterocycles. The lowest BCUT2D eigenvalue weighted by Gasteiger charge is -2.38. The Morgan fingerprint density at radius 3 is 2.58 bits per heavy atom. The summed E-state index contributed by atoms with van der Waals surface area (Å²) in [5.74, 6) is 0.897. The molecule has 1 aromatic heterocycles. The van der Waals surface area contributed by atoms with Crippen LogP contribution in [0.3, 0.4) is 0 Å². The van der Waals surface area contributed by atoms with Crippen LogP contribution in [0.5, 0.6) is 0 Å². The fourth-order valence-corrected chi connectivity index (χ4v) is 5.59. The largest absolute Gasteiger partial charge is 0.353 e. The van der Waals surface area contributed by atoms with Crippen LogP contribution in [-0.2, 0) is 4.79 Å². The Morgan fingerprint density at radius 1 is 1.18 bits per heavy atom. The van der Waals surface area contributed by atoms with E-state index >= 15 is 0 Å². The van der Waals surface area contributed by atoms with E-state index in [9.17, 15) is 9.18 Å². The Bertz CT molecular complexity index is 977. The van der Waals surface area contributed by atoms with Crippen molar-refractivity contribution in [3.05, 3.63) is 52.4 Å². The summed E-state index contributed by atoms with van der Waals surface area (Å²) < 4.78 is 14.3. The van der Waals surface area contributed by atoms with E-state index in [2.05, 4.69) is 20.2 Å². The van der Waals surface area contributed by atoms with Gasteiger partial charge >= 0.3 is 0 Å². The number of alkyl halides is 1. The molecule has 2 unspecified atom stereocenters. The number of aromatic nitrogens is 2. The maximum atomic E-state index is 14.3. The number of benzene rings is 1. The Hall–Kier alpha value is -1.96. The van der Waals surface area contributed by atoms with Crippen LogP contribution >= 0.6 is 24.0 Å². The first-order chi connectivity index (χ1) is 15.5. The van der Waals surface area contributed by atoms with Crippen LogP contribution in [0, 0.1) is 0 Å². The highest BCUT2D eigenvalue weighted by molar-refractivity contribution is 6.30. The fraction of sp³-hybridized carbons (Fsp3) is 0.542. The molecule has 1 aromatic carbocycles. The van der Waals surface area contributed by atoms with Crippen molar-refractivity contribution in [1.82, 2.24) is 20.2 Å². The van der Waals surface area contributed by atoms with E-state index in [0.29, 0.717) is 43.3 Å². The van der Waals surface area contributed by atoms with Gasteiger partial charge in [0.2, 0.25) is 5.91 Å². The lowest BCUT2D eigenvalue weighted by Crippen LogP contribution is -2.52. The third-order valence-electron chi connectivity index (χ3n) is 7.13. The van der Waals surface area contributed by atoms with E-state index in [4.69, 9.17) is 11.6 Å². The quantitative estimate of drug-likeness (QED) is 0.689. The standard InChI is InChI=1S/C24H29ClFN5O.ClH/c1-15-13-18(26)22-20(15)23(29-14-28-22)30-9-11-31(12-10-30)24(32)21(19-3-2-8-27-19)16-4-6-17(25)7-5-16;/h4-7,14-15,18-19,21,27H,2-3,8-13H2,1H3;1H/t15-,18-,19?,21?;/m1./s1. The average Bonchev–Trinajstić information content (AvgIpc) is 3.44. The summed E-state index contributed by atoms with van der Waals surface area (Å²) in [5.41, 5.74) is 2.49. The molecule has 3 aliphatic rings. The first-order valence-corrected chi connectivity index (χ1v) is 11.9. The monoisotopic (exact) mass is 493 g/mol. The minimum atomic E-state index is -1.01.